The molecule has 1 N–H and O–H groups in total. The van der Waals surface area contributed by atoms with Crippen molar-refractivity contribution in [2.75, 3.05) is 26.4 Å². The van der Waals surface area contributed by atoms with Crippen LogP contribution in [0.25, 0.3) is 0 Å². The first-order valence-corrected chi connectivity index (χ1v) is 6.06. The molecule has 0 aromatic rings. The van der Waals surface area contributed by atoms with Crippen molar-refractivity contribution in [3.8, 4) is 0 Å². The summed E-state index contributed by atoms with van der Waals surface area (Å²) in [5.41, 5.74) is -1.12. The van der Waals surface area contributed by atoms with Gasteiger partial charge in [0.2, 0.25) is 0 Å². The lowest BCUT2D eigenvalue weighted by Crippen LogP contribution is -2.41. The van der Waals surface area contributed by atoms with Gasteiger partial charge in [-0.25, -0.2) is 9.59 Å². The fourth-order valence-electron chi connectivity index (χ4n) is 1.13. The Morgan fingerprint density at radius 2 is 1.33 bits per heavy atom. The van der Waals surface area contributed by atoms with E-state index < -0.39 is 24.0 Å². The summed E-state index contributed by atoms with van der Waals surface area (Å²) < 4.78 is 15.1. The van der Waals surface area contributed by atoms with Gasteiger partial charge >= 0.3 is 11.9 Å². The van der Waals surface area contributed by atoms with Gasteiger partial charge in [-0.2, -0.15) is 0 Å². The maximum atomic E-state index is 11.1. The molecule has 116 valence electrons. The molecule has 0 saturated carbocycles. The summed E-state index contributed by atoms with van der Waals surface area (Å²) in [6.07, 6.45) is 3.36. The Morgan fingerprint density at radius 3 is 1.67 bits per heavy atom. The molecule has 6 heteroatoms. The average molecular weight is 296 g/mol. The third kappa shape index (κ3) is 7.12. The maximum absolute atomic E-state index is 11.1. The Labute approximate surface area is 124 Å². The van der Waals surface area contributed by atoms with E-state index in [1.165, 1.54) is 6.08 Å². The summed E-state index contributed by atoms with van der Waals surface area (Å²) in [6, 6.07) is 0. The topological polar surface area (TPSA) is 82.1 Å². The summed E-state index contributed by atoms with van der Waals surface area (Å²) in [5.74, 6) is -1.05. The fraction of sp³-hybridized carbons (Fsp3) is 0.333. The smallest absolute Gasteiger partial charge is 0.330 e. The van der Waals surface area contributed by atoms with Crippen LogP contribution < -0.4 is 0 Å². The standard InChI is InChI=1S/C15H20O6/c1-5-12(4)19-9-15(8-16,10-20-13(17)6-2)11-21-14(18)7-3/h5-7,16H,1-4,8-11H2. The van der Waals surface area contributed by atoms with Crippen LogP contribution >= 0.6 is 0 Å². The van der Waals surface area contributed by atoms with Crippen LogP contribution in [-0.4, -0.2) is 43.5 Å². The Morgan fingerprint density at radius 1 is 0.905 bits per heavy atom. The number of carbonyl (C=O) groups excluding carboxylic acids is 2. The molecule has 0 aromatic carbocycles. The van der Waals surface area contributed by atoms with Gasteiger partial charge in [0.15, 0.2) is 0 Å². The molecule has 0 aromatic heterocycles. The normalized spacial score (nSPS) is 10.1. The molecule has 0 radical (unpaired) electrons. The van der Waals surface area contributed by atoms with Crippen molar-refractivity contribution in [3.05, 3.63) is 50.3 Å². The van der Waals surface area contributed by atoms with Crippen molar-refractivity contribution in [2.24, 2.45) is 5.41 Å². The predicted molar refractivity (Wildman–Crippen MR) is 77.1 cm³/mol. The molecule has 0 heterocycles. The van der Waals surface area contributed by atoms with Crippen molar-refractivity contribution < 1.29 is 28.9 Å². The highest BCUT2D eigenvalue weighted by Gasteiger charge is 2.34. The minimum Gasteiger partial charge on any atom is -0.493 e. The van der Waals surface area contributed by atoms with Gasteiger partial charge in [0.1, 0.15) is 25.6 Å². The number of rotatable bonds is 11. The monoisotopic (exact) mass is 296 g/mol. The van der Waals surface area contributed by atoms with E-state index in [9.17, 15) is 14.7 Å². The zero-order chi connectivity index (χ0) is 16.3. The molecular weight excluding hydrogens is 276 g/mol. The molecule has 0 unspecified atom stereocenters. The summed E-state index contributed by atoms with van der Waals surface area (Å²) >= 11 is 0. The van der Waals surface area contributed by atoms with Gasteiger partial charge < -0.3 is 19.3 Å². The number of esters is 2. The van der Waals surface area contributed by atoms with Gasteiger partial charge in [-0.15, -0.1) is 0 Å². The third-order valence-electron chi connectivity index (χ3n) is 2.50. The van der Waals surface area contributed by atoms with Crippen molar-refractivity contribution in [3.63, 3.8) is 0 Å². The van der Waals surface area contributed by atoms with Gasteiger partial charge in [-0.3, -0.25) is 0 Å². The summed E-state index contributed by atoms with van der Waals surface area (Å²) in [5, 5.41) is 9.56. The highest BCUT2D eigenvalue weighted by atomic mass is 16.6. The third-order valence-corrected chi connectivity index (χ3v) is 2.50. The van der Waals surface area contributed by atoms with Crippen molar-refractivity contribution in [1.29, 1.82) is 0 Å². The second kappa shape index (κ2) is 9.55. The van der Waals surface area contributed by atoms with E-state index >= 15 is 0 Å². The summed E-state index contributed by atoms with van der Waals surface area (Å²) in [6.45, 7) is 12.6. The van der Waals surface area contributed by atoms with Crippen molar-refractivity contribution in [1.82, 2.24) is 0 Å². The molecule has 0 aliphatic rings. The Bertz CT molecular complexity index is 364. The number of aliphatic hydroxyl groups is 1. The highest BCUT2D eigenvalue weighted by molar-refractivity contribution is 5.81. The average Bonchev–Trinajstić information content (AvgIpc) is 2.53. The van der Waals surface area contributed by atoms with Crippen LogP contribution in [0, 0.1) is 5.41 Å². The van der Waals surface area contributed by atoms with E-state index in [-0.39, 0.29) is 25.6 Å². The van der Waals surface area contributed by atoms with Crippen LogP contribution in [0.5, 0.6) is 0 Å². The van der Waals surface area contributed by atoms with E-state index in [0.717, 1.165) is 12.2 Å². The van der Waals surface area contributed by atoms with Crippen LogP contribution in [0.2, 0.25) is 0 Å². The highest BCUT2D eigenvalue weighted by Crippen LogP contribution is 2.20. The first-order valence-electron chi connectivity index (χ1n) is 6.06. The quantitative estimate of drug-likeness (QED) is 0.266. The predicted octanol–water partition coefficient (Wildman–Crippen LogP) is 1.14. The Hall–Kier alpha value is -2.34. The molecule has 0 aliphatic carbocycles. The molecule has 0 fully saturated rings. The minimum absolute atomic E-state index is 0.0802. The van der Waals surface area contributed by atoms with Gasteiger partial charge in [-0.1, -0.05) is 26.3 Å². The lowest BCUT2D eigenvalue weighted by atomic mass is 9.92. The molecule has 0 atom stereocenters. The molecule has 6 nitrogen and oxygen atoms in total. The second-order valence-electron chi connectivity index (χ2n) is 4.24. The van der Waals surface area contributed by atoms with Crippen molar-refractivity contribution >= 4 is 11.9 Å². The van der Waals surface area contributed by atoms with E-state index in [4.69, 9.17) is 14.2 Å². The molecule has 21 heavy (non-hydrogen) atoms. The van der Waals surface area contributed by atoms with E-state index in [2.05, 4.69) is 26.3 Å². The molecule has 0 aliphatic heterocycles. The van der Waals surface area contributed by atoms with Crippen LogP contribution in [-0.2, 0) is 23.8 Å². The van der Waals surface area contributed by atoms with Crippen LogP contribution in [0.3, 0.4) is 0 Å². The van der Waals surface area contributed by atoms with E-state index in [0.29, 0.717) is 0 Å². The van der Waals surface area contributed by atoms with Crippen LogP contribution in [0.1, 0.15) is 0 Å². The summed E-state index contributed by atoms with van der Waals surface area (Å²) in [4.78, 5) is 22.3. The number of allylic oxidation sites excluding steroid dienone is 1. The summed E-state index contributed by atoms with van der Waals surface area (Å²) in [7, 11) is 0. The Kier molecular flexibility index (Phi) is 8.48. The molecule has 0 amide bonds. The van der Waals surface area contributed by atoms with Crippen LogP contribution in [0.15, 0.2) is 50.3 Å². The maximum Gasteiger partial charge on any atom is 0.330 e. The van der Waals surface area contributed by atoms with Gasteiger partial charge in [0.05, 0.1) is 12.0 Å². The van der Waals surface area contributed by atoms with Gasteiger partial charge in [0.25, 0.3) is 0 Å². The zero-order valence-electron chi connectivity index (χ0n) is 11.9. The molecule has 0 rings (SSSR count). The lowest BCUT2D eigenvalue weighted by Gasteiger charge is -2.30. The number of aliphatic hydroxyl groups excluding tert-OH is 1. The number of hydrogen-bond donors (Lipinski definition) is 1. The number of ether oxygens (including phenoxy) is 3. The van der Waals surface area contributed by atoms with Gasteiger partial charge in [0, 0.05) is 12.2 Å². The first kappa shape index (κ1) is 18.7. The second-order valence-corrected chi connectivity index (χ2v) is 4.24. The molecule has 0 saturated heterocycles. The first-order chi connectivity index (χ1) is 9.92. The fourth-order valence-corrected chi connectivity index (χ4v) is 1.13. The van der Waals surface area contributed by atoms with Gasteiger partial charge in [-0.05, 0) is 6.08 Å². The zero-order valence-corrected chi connectivity index (χ0v) is 11.9. The molecular formula is C15H20O6. The van der Waals surface area contributed by atoms with Crippen molar-refractivity contribution in [2.45, 2.75) is 0 Å². The lowest BCUT2D eigenvalue weighted by molar-refractivity contribution is -0.153. The largest absolute Gasteiger partial charge is 0.493 e. The number of carbonyl (C=O) groups is 2. The Balaban J connectivity index is 4.87. The number of hydrogen-bond acceptors (Lipinski definition) is 6. The minimum atomic E-state index is -1.12. The van der Waals surface area contributed by atoms with E-state index in [1.54, 1.807) is 0 Å². The molecule has 0 bridgehead atoms. The van der Waals surface area contributed by atoms with E-state index in [1.807, 2.05) is 0 Å². The molecule has 0 spiro atoms. The SMILES string of the molecule is C=CC(=C)OCC(CO)(COC(=O)C=C)COC(=O)C=C. The van der Waals surface area contributed by atoms with Crippen LogP contribution in [0.4, 0.5) is 0 Å².